The molecule has 0 unspecified atom stereocenters. The lowest BCUT2D eigenvalue weighted by atomic mass is 10.1. The highest BCUT2D eigenvalue weighted by Gasteiger charge is 2.00. The summed E-state index contributed by atoms with van der Waals surface area (Å²) in [4.78, 5) is 0. The Balaban J connectivity index is 2.36. The van der Waals surface area contributed by atoms with Gasteiger partial charge in [0.15, 0.2) is 0 Å². The lowest BCUT2D eigenvalue weighted by Crippen LogP contribution is -1.87. The third-order valence-corrected chi connectivity index (χ3v) is 2.40. The second-order valence-corrected chi connectivity index (χ2v) is 3.69. The van der Waals surface area contributed by atoms with Crippen molar-refractivity contribution in [2.75, 3.05) is 0 Å². The molecule has 0 heterocycles. The first-order valence-corrected chi connectivity index (χ1v) is 5.19. The van der Waals surface area contributed by atoms with Crippen molar-refractivity contribution < 1.29 is 8.78 Å². The highest BCUT2D eigenvalue weighted by Crippen LogP contribution is 2.11. The van der Waals surface area contributed by atoms with Crippen LogP contribution in [-0.4, -0.2) is 0 Å². The maximum absolute atomic E-state index is 13.5. The van der Waals surface area contributed by atoms with Crippen LogP contribution in [0.1, 0.15) is 16.7 Å². The lowest BCUT2D eigenvalue weighted by Gasteiger charge is -1.98. The Labute approximate surface area is 98.9 Å². The minimum atomic E-state index is -0.334. The quantitative estimate of drug-likeness (QED) is 0.603. The molecule has 0 aromatic heterocycles. The molecule has 0 aliphatic rings. The lowest BCUT2D eigenvalue weighted by molar-refractivity contribution is 0.623. The number of benzene rings is 2. The van der Waals surface area contributed by atoms with E-state index in [0.29, 0.717) is 11.1 Å². The minimum Gasteiger partial charge on any atom is -0.207 e. The van der Waals surface area contributed by atoms with Crippen molar-refractivity contribution in [2.24, 2.45) is 0 Å². The average Bonchev–Trinajstić information content (AvgIpc) is 2.31. The first-order valence-electron chi connectivity index (χ1n) is 5.19. The van der Waals surface area contributed by atoms with Crippen molar-refractivity contribution in [3.05, 3.63) is 70.8 Å². The first-order chi connectivity index (χ1) is 8.16. The molecular weight excluding hydrogens is 218 g/mol. The molecule has 0 spiro atoms. The van der Waals surface area contributed by atoms with Gasteiger partial charge in [-0.05, 0) is 42.8 Å². The third-order valence-electron chi connectivity index (χ3n) is 2.40. The second kappa shape index (κ2) is 4.80. The summed E-state index contributed by atoms with van der Waals surface area (Å²) in [5.41, 5.74) is 1.84. The van der Waals surface area contributed by atoms with Gasteiger partial charge in [-0.15, -0.1) is 0 Å². The standard InChI is InChI=1S/C15H10F2/c1-11-3-2-4-15(17)14(11)10-7-12-5-8-13(16)9-6-12/h2-6,8-9H,1H3. The summed E-state index contributed by atoms with van der Waals surface area (Å²) in [6.07, 6.45) is 0. The van der Waals surface area contributed by atoms with E-state index in [9.17, 15) is 8.78 Å². The molecule has 2 heteroatoms. The zero-order valence-electron chi connectivity index (χ0n) is 9.30. The van der Waals surface area contributed by atoms with Gasteiger partial charge in [-0.25, -0.2) is 8.78 Å². The van der Waals surface area contributed by atoms with Crippen molar-refractivity contribution in [1.29, 1.82) is 0 Å². The van der Waals surface area contributed by atoms with Gasteiger partial charge < -0.3 is 0 Å². The van der Waals surface area contributed by atoms with Crippen LogP contribution in [0.15, 0.2) is 42.5 Å². The number of hydrogen-bond acceptors (Lipinski definition) is 0. The number of halogens is 2. The topological polar surface area (TPSA) is 0 Å². The summed E-state index contributed by atoms with van der Waals surface area (Å²) in [7, 11) is 0. The molecular formula is C15H10F2. The van der Waals surface area contributed by atoms with Crippen molar-refractivity contribution in [1.82, 2.24) is 0 Å². The summed E-state index contributed by atoms with van der Waals surface area (Å²) in [5.74, 6) is 4.94. The Hall–Kier alpha value is -2.14. The van der Waals surface area contributed by atoms with Crippen molar-refractivity contribution in [3.63, 3.8) is 0 Å². The summed E-state index contributed by atoms with van der Waals surface area (Å²) in [5, 5.41) is 0. The largest absolute Gasteiger partial charge is 0.207 e. The fraction of sp³-hybridized carbons (Fsp3) is 0.0667. The van der Waals surface area contributed by atoms with E-state index >= 15 is 0 Å². The third kappa shape index (κ3) is 2.70. The van der Waals surface area contributed by atoms with E-state index in [4.69, 9.17) is 0 Å². The zero-order valence-corrected chi connectivity index (χ0v) is 9.30. The van der Waals surface area contributed by atoms with Crippen LogP contribution >= 0.6 is 0 Å². The van der Waals surface area contributed by atoms with Gasteiger partial charge in [-0.1, -0.05) is 24.0 Å². The molecule has 17 heavy (non-hydrogen) atoms. The minimum absolute atomic E-state index is 0.308. The molecule has 2 aromatic carbocycles. The maximum Gasteiger partial charge on any atom is 0.139 e. The fourth-order valence-corrected chi connectivity index (χ4v) is 1.46. The van der Waals surface area contributed by atoms with Gasteiger partial charge in [0.1, 0.15) is 11.6 Å². The molecule has 0 bridgehead atoms. The summed E-state index contributed by atoms with van der Waals surface area (Å²) < 4.78 is 26.1. The van der Waals surface area contributed by atoms with Crippen LogP contribution in [0.4, 0.5) is 8.78 Å². The molecule has 0 radical (unpaired) electrons. The Morgan fingerprint density at radius 1 is 0.882 bits per heavy atom. The molecule has 0 nitrogen and oxygen atoms in total. The summed E-state index contributed by atoms with van der Waals surface area (Å²) in [6.45, 7) is 1.80. The molecule has 0 N–H and O–H groups in total. The average molecular weight is 228 g/mol. The molecule has 0 atom stereocenters. The van der Waals surface area contributed by atoms with Gasteiger partial charge in [0, 0.05) is 5.56 Å². The van der Waals surface area contributed by atoms with Crippen LogP contribution in [0.25, 0.3) is 0 Å². The van der Waals surface area contributed by atoms with Crippen molar-refractivity contribution in [2.45, 2.75) is 6.92 Å². The van der Waals surface area contributed by atoms with Crippen LogP contribution in [-0.2, 0) is 0 Å². The monoisotopic (exact) mass is 228 g/mol. The van der Waals surface area contributed by atoms with E-state index in [1.165, 1.54) is 18.2 Å². The van der Waals surface area contributed by atoms with Gasteiger partial charge in [0.25, 0.3) is 0 Å². The van der Waals surface area contributed by atoms with Gasteiger partial charge in [-0.2, -0.15) is 0 Å². The van der Waals surface area contributed by atoms with Crippen LogP contribution < -0.4 is 0 Å². The maximum atomic E-state index is 13.5. The molecule has 0 saturated heterocycles. The fourth-order valence-electron chi connectivity index (χ4n) is 1.46. The zero-order chi connectivity index (χ0) is 12.3. The van der Waals surface area contributed by atoms with E-state index in [1.54, 1.807) is 31.2 Å². The molecule has 2 aromatic rings. The van der Waals surface area contributed by atoms with Crippen LogP contribution in [0.3, 0.4) is 0 Å². The predicted molar refractivity (Wildman–Crippen MR) is 63.5 cm³/mol. The molecule has 0 amide bonds. The Kier molecular flexibility index (Phi) is 3.20. The number of aryl methyl sites for hydroxylation is 1. The van der Waals surface area contributed by atoms with E-state index in [2.05, 4.69) is 11.8 Å². The highest BCUT2D eigenvalue weighted by molar-refractivity contribution is 5.46. The molecule has 0 aliphatic carbocycles. The SMILES string of the molecule is Cc1cccc(F)c1C#Cc1ccc(F)cc1. The highest BCUT2D eigenvalue weighted by atomic mass is 19.1. The molecule has 2 rings (SSSR count). The predicted octanol–water partition coefficient (Wildman–Crippen LogP) is 3.67. The number of rotatable bonds is 0. The van der Waals surface area contributed by atoms with E-state index in [-0.39, 0.29) is 11.6 Å². The van der Waals surface area contributed by atoms with Crippen LogP contribution in [0, 0.1) is 30.4 Å². The Morgan fingerprint density at radius 3 is 2.24 bits per heavy atom. The van der Waals surface area contributed by atoms with Crippen molar-refractivity contribution in [3.8, 4) is 11.8 Å². The Morgan fingerprint density at radius 2 is 1.59 bits per heavy atom. The normalized spacial score (nSPS) is 9.59. The first kappa shape index (κ1) is 11.3. The number of hydrogen-bond donors (Lipinski definition) is 0. The van der Waals surface area contributed by atoms with Gasteiger partial charge in [0.05, 0.1) is 5.56 Å². The van der Waals surface area contributed by atoms with Gasteiger partial charge >= 0.3 is 0 Å². The van der Waals surface area contributed by atoms with Crippen LogP contribution in [0.2, 0.25) is 0 Å². The van der Waals surface area contributed by atoms with E-state index < -0.39 is 0 Å². The molecule has 0 fully saturated rings. The van der Waals surface area contributed by atoms with E-state index in [0.717, 1.165) is 5.56 Å². The van der Waals surface area contributed by atoms with Gasteiger partial charge in [-0.3, -0.25) is 0 Å². The molecule has 0 aliphatic heterocycles. The van der Waals surface area contributed by atoms with Gasteiger partial charge in [0.2, 0.25) is 0 Å². The van der Waals surface area contributed by atoms with Crippen molar-refractivity contribution >= 4 is 0 Å². The Bertz CT molecular complexity index is 566. The van der Waals surface area contributed by atoms with E-state index in [1.807, 2.05) is 0 Å². The molecule has 0 saturated carbocycles. The second-order valence-electron chi connectivity index (χ2n) is 3.69. The van der Waals surface area contributed by atoms with Crippen LogP contribution in [0.5, 0.6) is 0 Å². The smallest absolute Gasteiger partial charge is 0.139 e. The molecule has 84 valence electrons. The summed E-state index contributed by atoms with van der Waals surface area (Å²) >= 11 is 0. The summed E-state index contributed by atoms with van der Waals surface area (Å²) in [6, 6.07) is 10.6.